The molecule has 2 rings (SSSR count). The Morgan fingerprint density at radius 1 is 1.38 bits per heavy atom. The first-order valence-electron chi connectivity index (χ1n) is 4.76. The summed E-state index contributed by atoms with van der Waals surface area (Å²) in [6.45, 7) is 5.67. The summed E-state index contributed by atoms with van der Waals surface area (Å²) in [4.78, 5) is 7.96. The summed E-state index contributed by atoms with van der Waals surface area (Å²) in [6, 6.07) is 0. The van der Waals surface area contributed by atoms with Gasteiger partial charge in [0.2, 0.25) is 0 Å². The first-order chi connectivity index (χ1) is 6.27. The average Bonchev–Trinajstić information content (AvgIpc) is 2.96. The van der Waals surface area contributed by atoms with Crippen molar-refractivity contribution in [3.63, 3.8) is 0 Å². The van der Waals surface area contributed by atoms with Crippen LogP contribution in [0, 0.1) is 12.7 Å². The molecule has 2 nitrogen and oxygen atoms in total. The molecular weight excluding hydrogens is 167 g/mol. The number of nitrogens with zero attached hydrogens (tertiary/aromatic N) is 2. The summed E-state index contributed by atoms with van der Waals surface area (Å²) in [7, 11) is 0. The Morgan fingerprint density at radius 3 is 2.46 bits per heavy atom. The van der Waals surface area contributed by atoms with E-state index in [2.05, 4.69) is 9.97 Å². The predicted molar refractivity (Wildman–Crippen MR) is 50.1 cm³/mol. The molecule has 0 saturated heterocycles. The van der Waals surface area contributed by atoms with Crippen LogP contribution < -0.4 is 0 Å². The van der Waals surface area contributed by atoms with Gasteiger partial charge in [0, 0.05) is 5.92 Å². The first-order valence-corrected chi connectivity index (χ1v) is 4.76. The third-order valence-corrected chi connectivity index (χ3v) is 1.88. The zero-order valence-corrected chi connectivity index (χ0v) is 8.34. The fourth-order valence-electron chi connectivity index (χ4n) is 1.01. The average molecular weight is 182 g/mol. The predicted octanol–water partition coefficient (Wildman–Crippen LogP) is 2.83. The molecule has 1 aliphatic rings. The molecule has 1 aliphatic carbocycles. The molecule has 0 unspecified atom stereocenters. The molecule has 0 spiro atoms. The van der Waals surface area contributed by atoms with Gasteiger partial charge in [-0.3, -0.25) is 0 Å². The van der Waals surface area contributed by atoms with Crippen LogP contribution in [-0.4, -0.2) is 9.97 Å². The van der Waals surface area contributed by atoms with E-state index in [1.54, 1.807) is 6.92 Å². The van der Waals surface area contributed by atoms with Crippen LogP contribution >= 0.6 is 0 Å². The minimum absolute atomic E-state index is 0.311. The van der Waals surface area contributed by atoms with E-state index in [0.29, 0.717) is 11.6 Å². The van der Waals surface area contributed by atoms with Gasteiger partial charge in [0.05, 0.1) is 11.9 Å². The summed E-state index contributed by atoms with van der Waals surface area (Å²) in [5, 5.41) is 0. The normalized spacial score (nSPS) is 14.8. The second-order valence-corrected chi connectivity index (χ2v) is 2.94. The molecule has 0 bridgehead atoms. The van der Waals surface area contributed by atoms with Gasteiger partial charge < -0.3 is 0 Å². The van der Waals surface area contributed by atoms with E-state index in [-0.39, 0.29) is 5.82 Å². The summed E-state index contributed by atoms with van der Waals surface area (Å²) in [5.41, 5.74) is 0.460. The van der Waals surface area contributed by atoms with Crippen molar-refractivity contribution in [2.24, 2.45) is 0 Å². The number of aromatic nitrogens is 2. The molecule has 0 aliphatic heterocycles. The van der Waals surface area contributed by atoms with Crippen molar-refractivity contribution in [2.45, 2.75) is 39.5 Å². The van der Waals surface area contributed by atoms with Crippen LogP contribution in [-0.2, 0) is 0 Å². The van der Waals surface area contributed by atoms with Crippen molar-refractivity contribution in [1.29, 1.82) is 0 Å². The maximum atomic E-state index is 12.7. The minimum Gasteiger partial charge on any atom is -0.238 e. The molecule has 13 heavy (non-hydrogen) atoms. The Balaban J connectivity index is 0.000000396. The van der Waals surface area contributed by atoms with E-state index in [4.69, 9.17) is 0 Å². The Bertz CT molecular complexity index is 282. The maximum absolute atomic E-state index is 12.7. The van der Waals surface area contributed by atoms with Gasteiger partial charge in [0.15, 0.2) is 5.82 Å². The smallest absolute Gasteiger partial charge is 0.162 e. The number of halogens is 1. The van der Waals surface area contributed by atoms with Gasteiger partial charge in [-0.05, 0) is 19.8 Å². The lowest BCUT2D eigenvalue weighted by Crippen LogP contribution is -1.96. The van der Waals surface area contributed by atoms with Gasteiger partial charge in [-0.25, -0.2) is 14.4 Å². The fraction of sp³-hybridized carbons (Fsp3) is 0.600. The van der Waals surface area contributed by atoms with Crippen molar-refractivity contribution >= 4 is 0 Å². The third-order valence-electron chi connectivity index (χ3n) is 1.88. The van der Waals surface area contributed by atoms with Crippen LogP contribution in [0.2, 0.25) is 0 Å². The Morgan fingerprint density at radius 2 is 2.00 bits per heavy atom. The van der Waals surface area contributed by atoms with Crippen LogP contribution in [0.4, 0.5) is 4.39 Å². The topological polar surface area (TPSA) is 25.8 Å². The van der Waals surface area contributed by atoms with E-state index in [1.807, 2.05) is 13.8 Å². The molecule has 1 fully saturated rings. The van der Waals surface area contributed by atoms with Crippen LogP contribution in [0.25, 0.3) is 0 Å². The quantitative estimate of drug-likeness (QED) is 0.667. The van der Waals surface area contributed by atoms with Gasteiger partial charge in [-0.15, -0.1) is 0 Å². The Labute approximate surface area is 78.2 Å². The Hall–Kier alpha value is -0.990. The molecule has 1 aromatic rings. The maximum Gasteiger partial charge on any atom is 0.162 e. The molecule has 3 heteroatoms. The lowest BCUT2D eigenvalue weighted by atomic mass is 10.3. The zero-order valence-electron chi connectivity index (χ0n) is 8.34. The van der Waals surface area contributed by atoms with Crippen LogP contribution in [0.3, 0.4) is 0 Å². The summed E-state index contributed by atoms with van der Waals surface area (Å²) >= 11 is 0. The highest BCUT2D eigenvalue weighted by atomic mass is 19.1. The van der Waals surface area contributed by atoms with Gasteiger partial charge in [-0.2, -0.15) is 0 Å². The van der Waals surface area contributed by atoms with E-state index < -0.39 is 0 Å². The van der Waals surface area contributed by atoms with Crippen molar-refractivity contribution < 1.29 is 4.39 Å². The summed E-state index contributed by atoms with van der Waals surface area (Å²) in [6.07, 6.45) is 3.58. The van der Waals surface area contributed by atoms with Gasteiger partial charge >= 0.3 is 0 Å². The fourth-order valence-corrected chi connectivity index (χ4v) is 1.01. The molecular formula is C10H15FN2. The largest absolute Gasteiger partial charge is 0.238 e. The van der Waals surface area contributed by atoms with Crippen molar-refractivity contribution in [2.75, 3.05) is 0 Å². The summed E-state index contributed by atoms with van der Waals surface area (Å²) in [5.74, 6) is 1.01. The second-order valence-electron chi connectivity index (χ2n) is 2.94. The molecule has 0 amide bonds. The molecule has 1 saturated carbocycles. The van der Waals surface area contributed by atoms with E-state index >= 15 is 0 Å². The highest BCUT2D eigenvalue weighted by molar-refractivity contribution is 5.10. The zero-order chi connectivity index (χ0) is 9.84. The summed E-state index contributed by atoms with van der Waals surface area (Å²) < 4.78 is 12.7. The van der Waals surface area contributed by atoms with Crippen LogP contribution in [0.5, 0.6) is 0 Å². The molecule has 0 aromatic carbocycles. The van der Waals surface area contributed by atoms with Gasteiger partial charge in [-0.1, -0.05) is 13.8 Å². The molecule has 0 radical (unpaired) electrons. The molecule has 1 heterocycles. The van der Waals surface area contributed by atoms with Crippen molar-refractivity contribution in [3.05, 3.63) is 23.5 Å². The van der Waals surface area contributed by atoms with Gasteiger partial charge in [0.1, 0.15) is 5.82 Å². The van der Waals surface area contributed by atoms with E-state index in [0.717, 1.165) is 18.7 Å². The lowest BCUT2D eigenvalue weighted by molar-refractivity contribution is 0.596. The Kier molecular flexibility index (Phi) is 3.34. The van der Waals surface area contributed by atoms with E-state index in [1.165, 1.54) is 6.20 Å². The number of aryl methyl sites for hydroxylation is 1. The molecule has 0 N–H and O–H groups in total. The highest BCUT2D eigenvalue weighted by Crippen LogP contribution is 2.37. The van der Waals surface area contributed by atoms with E-state index in [9.17, 15) is 4.39 Å². The van der Waals surface area contributed by atoms with Crippen LogP contribution in [0.1, 0.15) is 44.1 Å². The van der Waals surface area contributed by atoms with Crippen molar-refractivity contribution in [3.8, 4) is 0 Å². The number of rotatable bonds is 1. The first kappa shape index (κ1) is 10.1. The number of hydrogen-bond donors (Lipinski definition) is 0. The molecule has 1 aromatic heterocycles. The highest BCUT2D eigenvalue weighted by Gasteiger charge is 2.26. The van der Waals surface area contributed by atoms with Gasteiger partial charge in [0.25, 0.3) is 0 Å². The molecule has 72 valence electrons. The minimum atomic E-state index is -0.311. The van der Waals surface area contributed by atoms with Crippen molar-refractivity contribution in [1.82, 2.24) is 9.97 Å². The monoisotopic (exact) mass is 182 g/mol. The standard InChI is InChI=1S/C8H9FN2.C2H6/c1-5-7(9)4-10-8(11-5)6-2-3-6;1-2/h4,6H,2-3H2,1H3;1-2H3. The third kappa shape index (κ3) is 2.47. The number of hydrogen-bond acceptors (Lipinski definition) is 2. The second kappa shape index (κ2) is 4.30. The van der Waals surface area contributed by atoms with Crippen LogP contribution in [0.15, 0.2) is 6.20 Å². The lowest BCUT2D eigenvalue weighted by Gasteiger charge is -1.97. The molecule has 0 atom stereocenters. The SMILES string of the molecule is CC.Cc1nc(C2CC2)ncc1F.